The molecule has 0 fully saturated rings. The van der Waals surface area contributed by atoms with Gasteiger partial charge in [-0.05, 0) is 35.3 Å². The van der Waals surface area contributed by atoms with Gasteiger partial charge in [0.1, 0.15) is 0 Å². The van der Waals surface area contributed by atoms with E-state index in [0.29, 0.717) is 0 Å². The predicted octanol–water partition coefficient (Wildman–Crippen LogP) is 2.58. The van der Waals surface area contributed by atoms with Crippen LogP contribution in [-0.2, 0) is 0 Å². The van der Waals surface area contributed by atoms with Crippen LogP contribution in [0.2, 0.25) is 0 Å². The third-order valence-electron chi connectivity index (χ3n) is 2.49. The fourth-order valence-corrected chi connectivity index (χ4v) is 2.15. The fraction of sp³-hybridized carbons (Fsp3) is 0.364. The van der Waals surface area contributed by atoms with Crippen molar-refractivity contribution in [3.63, 3.8) is 0 Å². The largest absolute Gasteiger partial charge is 0.396 e. The zero-order valence-corrected chi connectivity index (χ0v) is 10.3. The van der Waals surface area contributed by atoms with Crippen LogP contribution in [0.4, 0.5) is 11.5 Å². The summed E-state index contributed by atoms with van der Waals surface area (Å²) in [4.78, 5) is 6.58. The maximum absolute atomic E-state index is 5.94. The molecule has 1 aromatic rings. The van der Waals surface area contributed by atoms with Gasteiger partial charge < -0.3 is 10.6 Å². The van der Waals surface area contributed by atoms with Crippen LogP contribution >= 0.6 is 15.9 Å². The first kappa shape index (κ1) is 10.5. The van der Waals surface area contributed by atoms with Crippen LogP contribution < -0.4 is 10.6 Å². The average Bonchev–Trinajstić information content (AvgIpc) is 2.17. The van der Waals surface area contributed by atoms with Crippen molar-refractivity contribution >= 4 is 27.4 Å². The topological polar surface area (TPSA) is 42.2 Å². The second-order valence-electron chi connectivity index (χ2n) is 3.83. The van der Waals surface area contributed by atoms with Crippen LogP contribution in [0.1, 0.15) is 13.3 Å². The Morgan fingerprint density at radius 1 is 1.53 bits per heavy atom. The molecule has 1 aliphatic rings. The van der Waals surface area contributed by atoms with Crippen molar-refractivity contribution in [1.82, 2.24) is 4.98 Å². The van der Waals surface area contributed by atoms with E-state index in [2.05, 4.69) is 38.8 Å². The number of nitrogen functional groups attached to an aromatic ring is 1. The van der Waals surface area contributed by atoms with Crippen LogP contribution in [-0.4, -0.2) is 18.1 Å². The zero-order chi connectivity index (χ0) is 10.8. The van der Waals surface area contributed by atoms with Gasteiger partial charge in [0.15, 0.2) is 5.82 Å². The zero-order valence-electron chi connectivity index (χ0n) is 8.70. The summed E-state index contributed by atoms with van der Waals surface area (Å²) < 4.78 is 0.924. The highest BCUT2D eigenvalue weighted by atomic mass is 79.9. The molecule has 0 saturated carbocycles. The molecule has 2 heterocycles. The lowest BCUT2D eigenvalue weighted by Gasteiger charge is -2.28. The molecule has 0 radical (unpaired) electrons. The normalized spacial score (nSPS) is 16.4. The van der Waals surface area contributed by atoms with E-state index in [-0.39, 0.29) is 0 Å². The van der Waals surface area contributed by atoms with Crippen LogP contribution in [0.3, 0.4) is 0 Å². The highest BCUT2D eigenvalue weighted by Crippen LogP contribution is 2.25. The second kappa shape index (κ2) is 4.23. The summed E-state index contributed by atoms with van der Waals surface area (Å²) in [5, 5.41) is 0. The Hall–Kier alpha value is -1.03. The van der Waals surface area contributed by atoms with Crippen LogP contribution in [0.25, 0.3) is 0 Å². The second-order valence-corrected chi connectivity index (χ2v) is 4.74. The molecular weight excluding hydrogens is 254 g/mol. The van der Waals surface area contributed by atoms with E-state index in [4.69, 9.17) is 5.73 Å². The molecule has 0 bridgehead atoms. The van der Waals surface area contributed by atoms with Crippen molar-refractivity contribution in [2.24, 2.45) is 0 Å². The number of halogens is 1. The highest BCUT2D eigenvalue weighted by Gasteiger charge is 2.14. The van der Waals surface area contributed by atoms with Crippen LogP contribution in [0.5, 0.6) is 0 Å². The van der Waals surface area contributed by atoms with Gasteiger partial charge in [-0.15, -0.1) is 0 Å². The van der Waals surface area contributed by atoms with E-state index in [0.717, 1.165) is 35.5 Å². The number of hydrogen-bond acceptors (Lipinski definition) is 3. The Kier molecular flexibility index (Phi) is 2.95. The van der Waals surface area contributed by atoms with E-state index < -0.39 is 0 Å². The minimum absolute atomic E-state index is 0.735. The highest BCUT2D eigenvalue weighted by molar-refractivity contribution is 9.10. The standard InChI is InChI=1S/C11H14BrN3/c1-8-3-2-4-15(7-8)11-10(13)5-9(12)6-14-11/h3,5-6H,2,4,7,13H2,1H3. The minimum atomic E-state index is 0.735. The van der Waals surface area contributed by atoms with Gasteiger partial charge in [0, 0.05) is 23.8 Å². The molecule has 0 aliphatic carbocycles. The Bertz CT molecular complexity index is 401. The molecular formula is C11H14BrN3. The minimum Gasteiger partial charge on any atom is -0.396 e. The average molecular weight is 268 g/mol. The van der Waals surface area contributed by atoms with Gasteiger partial charge in [-0.2, -0.15) is 0 Å². The lowest BCUT2D eigenvalue weighted by molar-refractivity contribution is 0.779. The number of aromatic nitrogens is 1. The van der Waals surface area contributed by atoms with Crippen molar-refractivity contribution in [1.29, 1.82) is 0 Å². The molecule has 1 aromatic heterocycles. The maximum Gasteiger partial charge on any atom is 0.152 e. The first-order valence-electron chi connectivity index (χ1n) is 4.98. The number of hydrogen-bond donors (Lipinski definition) is 1. The van der Waals surface area contributed by atoms with Gasteiger partial charge in [0.25, 0.3) is 0 Å². The fourth-order valence-electron chi connectivity index (χ4n) is 1.80. The summed E-state index contributed by atoms with van der Waals surface area (Å²) in [5.41, 5.74) is 8.06. The summed E-state index contributed by atoms with van der Waals surface area (Å²) >= 11 is 3.36. The number of nitrogens with two attached hydrogens (primary N) is 1. The maximum atomic E-state index is 5.94. The van der Waals surface area contributed by atoms with E-state index in [1.54, 1.807) is 6.20 Å². The van der Waals surface area contributed by atoms with Crippen molar-refractivity contribution in [2.45, 2.75) is 13.3 Å². The lowest BCUT2D eigenvalue weighted by atomic mass is 10.1. The van der Waals surface area contributed by atoms with Crippen molar-refractivity contribution in [3.05, 3.63) is 28.4 Å². The number of nitrogens with zero attached hydrogens (tertiary/aromatic N) is 2. The Balaban J connectivity index is 2.26. The van der Waals surface area contributed by atoms with Crippen LogP contribution in [0.15, 0.2) is 28.4 Å². The number of pyridine rings is 1. The smallest absolute Gasteiger partial charge is 0.152 e. The molecule has 80 valence electrons. The summed E-state index contributed by atoms with van der Waals surface area (Å²) in [7, 11) is 0. The summed E-state index contributed by atoms with van der Waals surface area (Å²) in [6, 6.07) is 1.90. The van der Waals surface area contributed by atoms with Gasteiger partial charge in [0.05, 0.1) is 5.69 Å². The quantitative estimate of drug-likeness (QED) is 0.796. The van der Waals surface area contributed by atoms with E-state index in [1.807, 2.05) is 6.07 Å². The Morgan fingerprint density at radius 3 is 3.00 bits per heavy atom. The van der Waals surface area contributed by atoms with E-state index in [9.17, 15) is 0 Å². The molecule has 0 atom stereocenters. The molecule has 0 amide bonds. The summed E-state index contributed by atoms with van der Waals surface area (Å²) in [5.74, 6) is 0.894. The molecule has 3 nitrogen and oxygen atoms in total. The SMILES string of the molecule is CC1=CCCN(c2ncc(Br)cc2N)C1. The molecule has 0 aromatic carbocycles. The molecule has 2 rings (SSSR count). The van der Waals surface area contributed by atoms with Gasteiger partial charge in [-0.3, -0.25) is 0 Å². The van der Waals surface area contributed by atoms with E-state index >= 15 is 0 Å². The number of rotatable bonds is 1. The van der Waals surface area contributed by atoms with Crippen molar-refractivity contribution < 1.29 is 0 Å². The van der Waals surface area contributed by atoms with E-state index in [1.165, 1.54) is 5.57 Å². The summed E-state index contributed by atoms with van der Waals surface area (Å²) in [6.45, 7) is 4.07. The lowest BCUT2D eigenvalue weighted by Crippen LogP contribution is -2.30. The molecule has 0 saturated heterocycles. The Labute approximate surface area is 98.1 Å². The van der Waals surface area contributed by atoms with Gasteiger partial charge in [-0.25, -0.2) is 4.98 Å². The molecule has 4 heteroatoms. The first-order valence-corrected chi connectivity index (χ1v) is 5.78. The number of anilines is 2. The monoisotopic (exact) mass is 267 g/mol. The van der Waals surface area contributed by atoms with Crippen molar-refractivity contribution in [3.8, 4) is 0 Å². The first-order chi connectivity index (χ1) is 7.16. The van der Waals surface area contributed by atoms with Crippen molar-refractivity contribution in [2.75, 3.05) is 23.7 Å². The van der Waals surface area contributed by atoms with Gasteiger partial charge in [0.2, 0.25) is 0 Å². The molecule has 2 N–H and O–H groups in total. The van der Waals surface area contributed by atoms with Gasteiger partial charge >= 0.3 is 0 Å². The Morgan fingerprint density at radius 2 is 2.33 bits per heavy atom. The summed E-state index contributed by atoms with van der Waals surface area (Å²) in [6.07, 6.45) is 5.13. The van der Waals surface area contributed by atoms with Crippen LogP contribution in [0, 0.1) is 0 Å². The van der Waals surface area contributed by atoms with Gasteiger partial charge in [-0.1, -0.05) is 11.6 Å². The molecule has 0 unspecified atom stereocenters. The molecule has 1 aliphatic heterocycles. The molecule has 0 spiro atoms. The third kappa shape index (κ3) is 2.31. The predicted molar refractivity (Wildman–Crippen MR) is 66.9 cm³/mol. The molecule has 15 heavy (non-hydrogen) atoms. The third-order valence-corrected chi connectivity index (χ3v) is 2.93.